The van der Waals surface area contributed by atoms with Crippen LogP contribution in [0.5, 0.6) is 0 Å². The van der Waals surface area contributed by atoms with Crippen LogP contribution in [0, 0.1) is 0 Å². The van der Waals surface area contributed by atoms with Crippen LogP contribution in [-0.4, -0.2) is 90.1 Å². The number of nitrogens with one attached hydrogen (secondary N) is 1. The Morgan fingerprint density at radius 2 is 1.61 bits per heavy atom. The number of benzene rings is 2. The van der Waals surface area contributed by atoms with E-state index in [-0.39, 0.29) is 13.3 Å². The molecular weight excluding hydrogens is 474 g/mol. The summed E-state index contributed by atoms with van der Waals surface area (Å²) in [5, 5.41) is 4.34. The van der Waals surface area contributed by atoms with Crippen LogP contribution >= 0.6 is 0 Å². The fourth-order valence-corrected chi connectivity index (χ4v) is 5.10. The van der Waals surface area contributed by atoms with Gasteiger partial charge in [-0.2, -0.15) is 0 Å². The van der Waals surface area contributed by atoms with Gasteiger partial charge in [0, 0.05) is 80.6 Å². The predicted octanol–water partition coefficient (Wildman–Crippen LogP) is 3.79. The lowest BCUT2D eigenvalue weighted by atomic mass is 10.00. The lowest BCUT2D eigenvalue weighted by Gasteiger charge is -2.32. The molecule has 196 valence electrons. The minimum absolute atomic E-state index is 0. The second-order valence-electron chi connectivity index (χ2n) is 9.77. The van der Waals surface area contributed by atoms with Gasteiger partial charge in [-0.25, -0.2) is 15.0 Å². The van der Waals surface area contributed by atoms with E-state index in [2.05, 4.69) is 56.4 Å². The van der Waals surface area contributed by atoms with E-state index in [4.69, 9.17) is 4.98 Å². The number of carbonyl (C=O) groups is 1. The molecule has 0 aliphatic carbocycles. The summed E-state index contributed by atoms with van der Waals surface area (Å²) in [5.41, 5.74) is 5.41. The smallest absolute Gasteiger partial charge is 0.253 e. The summed E-state index contributed by atoms with van der Waals surface area (Å²) in [6.45, 7) is 7.21. The number of pyridine rings is 1. The molecule has 6 rings (SSSR count). The fourth-order valence-electron chi connectivity index (χ4n) is 5.10. The molecule has 2 saturated heterocycles. The average molecular weight is 510 g/mol. The first kappa shape index (κ1) is 25.8. The number of carbonyl (C=O) groups excluding carboxylic acids is 1. The summed E-state index contributed by atoms with van der Waals surface area (Å²) in [5.74, 6) is 1.08. The lowest BCUT2D eigenvalue weighted by Crippen LogP contribution is -2.47. The summed E-state index contributed by atoms with van der Waals surface area (Å²) >= 11 is 0. The van der Waals surface area contributed by atoms with Crippen LogP contribution < -0.4 is 10.2 Å². The van der Waals surface area contributed by atoms with E-state index in [1.54, 1.807) is 6.33 Å². The third-order valence-corrected chi connectivity index (χ3v) is 7.33. The van der Waals surface area contributed by atoms with Crippen molar-refractivity contribution in [3.05, 3.63) is 72.7 Å². The van der Waals surface area contributed by atoms with Gasteiger partial charge in [-0.05, 0) is 49.0 Å². The van der Waals surface area contributed by atoms with Crippen molar-refractivity contribution in [2.45, 2.75) is 7.43 Å². The number of hydrogen-bond donors (Lipinski definition) is 1. The first-order valence-electron chi connectivity index (χ1n) is 12.9. The summed E-state index contributed by atoms with van der Waals surface area (Å²) in [6.07, 6.45) is 3.54. The number of amides is 1. The van der Waals surface area contributed by atoms with E-state index >= 15 is 0 Å². The van der Waals surface area contributed by atoms with Crippen LogP contribution in [0.15, 0.2) is 67.1 Å². The third kappa shape index (κ3) is 5.23. The lowest BCUT2D eigenvalue weighted by molar-refractivity contribution is 0.0664. The van der Waals surface area contributed by atoms with Gasteiger partial charge in [-0.3, -0.25) is 4.79 Å². The van der Waals surface area contributed by atoms with Crippen LogP contribution in [0.25, 0.3) is 33.3 Å². The van der Waals surface area contributed by atoms with Crippen molar-refractivity contribution in [1.29, 1.82) is 0 Å². The minimum Gasteiger partial charge on any atom is -0.354 e. The molecule has 4 heterocycles. The van der Waals surface area contributed by atoms with Gasteiger partial charge in [0.2, 0.25) is 0 Å². The van der Waals surface area contributed by atoms with Crippen molar-refractivity contribution >= 4 is 22.6 Å². The Kier molecular flexibility index (Phi) is 7.62. The van der Waals surface area contributed by atoms with Gasteiger partial charge in [0.25, 0.3) is 5.91 Å². The molecule has 2 aliphatic heterocycles. The normalized spacial score (nSPS) is 16.3. The number of hydrogen-bond acceptors (Lipinski definition) is 7. The highest BCUT2D eigenvalue weighted by atomic mass is 16.2. The van der Waals surface area contributed by atoms with Crippen LogP contribution in [-0.2, 0) is 0 Å². The van der Waals surface area contributed by atoms with Crippen molar-refractivity contribution in [2.75, 3.05) is 64.3 Å². The van der Waals surface area contributed by atoms with Crippen LogP contribution in [0.1, 0.15) is 17.8 Å². The molecule has 2 fully saturated rings. The van der Waals surface area contributed by atoms with Gasteiger partial charge >= 0.3 is 0 Å². The summed E-state index contributed by atoms with van der Waals surface area (Å²) in [7, 11) is 2.09. The first-order chi connectivity index (χ1) is 18.2. The maximum atomic E-state index is 13.2. The van der Waals surface area contributed by atoms with E-state index < -0.39 is 0 Å². The quantitative estimate of drug-likeness (QED) is 0.449. The largest absolute Gasteiger partial charge is 0.354 e. The van der Waals surface area contributed by atoms with E-state index in [9.17, 15) is 4.79 Å². The highest BCUT2D eigenvalue weighted by molar-refractivity contribution is 5.98. The standard InChI is InChI=1S/C29H31N7O.CH4/c1-34-13-15-36(16-14-34)29(37)23-4-2-3-22(17-23)28-25-18-21(5-7-26(25)32-20-33-28)24-6-8-27(31-19-24)35-11-9-30-10-12-35;/h2-8,17-20,30H,9-16H2,1H3;1H4. The molecule has 1 amide bonds. The van der Waals surface area contributed by atoms with Crippen molar-refractivity contribution in [2.24, 2.45) is 0 Å². The summed E-state index contributed by atoms with van der Waals surface area (Å²) in [4.78, 5) is 33.6. The minimum atomic E-state index is 0. The molecule has 0 saturated carbocycles. The van der Waals surface area contributed by atoms with Crippen molar-refractivity contribution in [3.8, 4) is 22.4 Å². The molecular formula is C30H35N7O. The molecule has 0 bridgehead atoms. The molecule has 0 unspecified atom stereocenters. The summed E-state index contributed by atoms with van der Waals surface area (Å²) < 4.78 is 0. The van der Waals surface area contributed by atoms with Gasteiger partial charge in [-0.1, -0.05) is 25.6 Å². The Morgan fingerprint density at radius 1 is 0.816 bits per heavy atom. The molecule has 2 aromatic heterocycles. The highest BCUT2D eigenvalue weighted by Gasteiger charge is 2.21. The van der Waals surface area contributed by atoms with Crippen molar-refractivity contribution < 1.29 is 4.79 Å². The van der Waals surface area contributed by atoms with Crippen LogP contribution in [0.2, 0.25) is 0 Å². The summed E-state index contributed by atoms with van der Waals surface area (Å²) in [6, 6.07) is 18.3. The molecule has 1 N–H and O–H groups in total. The second-order valence-corrected chi connectivity index (χ2v) is 9.77. The molecule has 8 nitrogen and oxygen atoms in total. The molecule has 38 heavy (non-hydrogen) atoms. The van der Waals surface area contributed by atoms with E-state index in [0.717, 1.165) is 91.5 Å². The van der Waals surface area contributed by atoms with Gasteiger partial charge in [0.15, 0.2) is 0 Å². The maximum Gasteiger partial charge on any atom is 0.253 e. The molecule has 0 radical (unpaired) electrons. The Balaban J connectivity index is 0.00000294. The fraction of sp³-hybridized carbons (Fsp3) is 0.333. The Labute approximate surface area is 224 Å². The molecule has 4 aromatic rings. The number of nitrogens with zero attached hydrogens (tertiary/aromatic N) is 6. The molecule has 0 atom stereocenters. The number of likely N-dealkylation sites (N-methyl/N-ethyl adjacent to an activating group) is 1. The highest BCUT2D eigenvalue weighted by Crippen LogP contribution is 2.31. The SMILES string of the molecule is C.CN1CCN(C(=O)c2cccc(-c3ncnc4ccc(-c5ccc(N6CCNCC6)nc5)cc34)c2)CC1. The van der Waals surface area contributed by atoms with Crippen LogP contribution in [0.3, 0.4) is 0 Å². The van der Waals surface area contributed by atoms with Crippen molar-refractivity contribution in [3.63, 3.8) is 0 Å². The van der Waals surface area contributed by atoms with Gasteiger partial charge in [0.05, 0.1) is 11.2 Å². The predicted molar refractivity (Wildman–Crippen MR) is 153 cm³/mol. The van der Waals surface area contributed by atoms with Crippen molar-refractivity contribution in [1.82, 2.24) is 30.1 Å². The first-order valence-corrected chi connectivity index (χ1v) is 12.9. The number of aromatic nitrogens is 3. The monoisotopic (exact) mass is 509 g/mol. The molecule has 2 aromatic carbocycles. The van der Waals surface area contributed by atoms with Gasteiger partial charge < -0.3 is 20.0 Å². The molecule has 0 spiro atoms. The average Bonchev–Trinajstić information content (AvgIpc) is 2.97. The third-order valence-electron chi connectivity index (χ3n) is 7.33. The molecule has 2 aliphatic rings. The number of fused-ring (bicyclic) bond motifs is 1. The second kappa shape index (κ2) is 11.2. The number of piperazine rings is 2. The Hall–Kier alpha value is -3.88. The Morgan fingerprint density at radius 3 is 2.37 bits per heavy atom. The molecule has 8 heteroatoms. The van der Waals surface area contributed by atoms with Gasteiger partial charge in [0.1, 0.15) is 12.1 Å². The zero-order chi connectivity index (χ0) is 25.2. The number of anilines is 1. The number of rotatable bonds is 4. The van der Waals surface area contributed by atoms with E-state index in [0.29, 0.717) is 5.56 Å². The zero-order valence-electron chi connectivity index (χ0n) is 21.1. The van der Waals surface area contributed by atoms with Gasteiger partial charge in [-0.15, -0.1) is 0 Å². The topological polar surface area (TPSA) is 77.5 Å². The maximum absolute atomic E-state index is 13.2. The van der Waals surface area contributed by atoms with Crippen LogP contribution in [0.4, 0.5) is 5.82 Å². The van der Waals surface area contributed by atoms with E-state index in [1.165, 1.54) is 0 Å². The zero-order valence-corrected chi connectivity index (χ0v) is 21.1. The van der Waals surface area contributed by atoms with E-state index in [1.807, 2.05) is 41.4 Å². The Bertz CT molecular complexity index is 1410.